The maximum absolute atomic E-state index is 12.3. The molecule has 122 valence electrons. The Bertz CT molecular complexity index is 545. The molecule has 2 unspecified atom stereocenters. The number of nitrogens with zero attached hydrogens (tertiary/aromatic N) is 1. The Balaban J connectivity index is 0.00000242. The number of nitro groups is 1. The van der Waals surface area contributed by atoms with Crippen molar-refractivity contribution >= 4 is 24.0 Å². The summed E-state index contributed by atoms with van der Waals surface area (Å²) in [6.45, 7) is 5.66. The average molecular weight is 328 g/mol. The lowest BCUT2D eigenvalue weighted by atomic mass is 9.92. The molecule has 1 heterocycles. The van der Waals surface area contributed by atoms with E-state index in [-0.39, 0.29) is 35.6 Å². The molecule has 0 bridgehead atoms. The summed E-state index contributed by atoms with van der Waals surface area (Å²) in [5.41, 5.74) is 0.820. The lowest BCUT2D eigenvalue weighted by Gasteiger charge is -2.28. The molecule has 1 aromatic rings. The molecule has 0 radical (unpaired) electrons. The number of benzene rings is 1. The molecule has 1 saturated heterocycles. The monoisotopic (exact) mass is 327 g/mol. The highest BCUT2D eigenvalue weighted by Gasteiger charge is 2.25. The first-order valence-corrected chi connectivity index (χ1v) is 7.25. The molecule has 0 spiro atoms. The van der Waals surface area contributed by atoms with E-state index < -0.39 is 4.92 Å². The minimum absolute atomic E-state index is 0. The van der Waals surface area contributed by atoms with Crippen molar-refractivity contribution in [3.8, 4) is 0 Å². The SMILES string of the molecule is Cc1ccc([N+](=O)[O-])c(C(=O)NC(C)C2CCCNC2)c1.Cl. The van der Waals surface area contributed by atoms with Crippen molar-refractivity contribution in [2.75, 3.05) is 13.1 Å². The van der Waals surface area contributed by atoms with Gasteiger partial charge in [0.25, 0.3) is 11.6 Å². The smallest absolute Gasteiger partial charge is 0.282 e. The van der Waals surface area contributed by atoms with E-state index in [2.05, 4.69) is 10.6 Å². The lowest BCUT2D eigenvalue weighted by molar-refractivity contribution is -0.385. The largest absolute Gasteiger partial charge is 0.349 e. The van der Waals surface area contributed by atoms with Crippen molar-refractivity contribution in [2.24, 2.45) is 5.92 Å². The number of carbonyl (C=O) groups excluding carboxylic acids is 1. The third-order valence-electron chi connectivity index (χ3n) is 3.99. The second kappa shape index (κ2) is 8.10. The van der Waals surface area contributed by atoms with Crippen molar-refractivity contribution in [2.45, 2.75) is 32.7 Å². The van der Waals surface area contributed by atoms with Crippen LogP contribution in [0.4, 0.5) is 5.69 Å². The first kappa shape index (κ1) is 18.4. The fraction of sp³-hybridized carbons (Fsp3) is 0.533. The Kier molecular flexibility index (Phi) is 6.77. The summed E-state index contributed by atoms with van der Waals surface area (Å²) in [4.78, 5) is 22.9. The number of piperidine rings is 1. The van der Waals surface area contributed by atoms with Crippen LogP contribution >= 0.6 is 12.4 Å². The number of aryl methyl sites for hydroxylation is 1. The van der Waals surface area contributed by atoms with E-state index >= 15 is 0 Å². The van der Waals surface area contributed by atoms with Crippen LogP contribution in [0.25, 0.3) is 0 Å². The van der Waals surface area contributed by atoms with Crippen LogP contribution in [-0.4, -0.2) is 30.0 Å². The minimum Gasteiger partial charge on any atom is -0.349 e. The summed E-state index contributed by atoms with van der Waals surface area (Å²) in [6.07, 6.45) is 2.15. The van der Waals surface area contributed by atoms with Gasteiger partial charge in [-0.05, 0) is 57.3 Å². The topological polar surface area (TPSA) is 84.3 Å². The van der Waals surface area contributed by atoms with E-state index in [1.807, 2.05) is 13.8 Å². The zero-order valence-electron chi connectivity index (χ0n) is 12.8. The number of carbonyl (C=O) groups is 1. The van der Waals surface area contributed by atoms with Crippen LogP contribution in [0.1, 0.15) is 35.7 Å². The van der Waals surface area contributed by atoms with E-state index in [1.54, 1.807) is 12.1 Å². The molecular formula is C15H22ClN3O3. The molecule has 22 heavy (non-hydrogen) atoms. The predicted octanol–water partition coefficient (Wildman–Crippen LogP) is 2.44. The van der Waals surface area contributed by atoms with Gasteiger partial charge in [-0.15, -0.1) is 12.4 Å². The molecule has 1 aliphatic heterocycles. The first-order chi connectivity index (χ1) is 9.99. The average Bonchev–Trinajstić information content (AvgIpc) is 2.47. The third kappa shape index (κ3) is 4.42. The number of nitro benzene ring substituents is 1. The Morgan fingerprint density at radius 3 is 2.82 bits per heavy atom. The Labute approximate surface area is 136 Å². The zero-order chi connectivity index (χ0) is 15.4. The lowest BCUT2D eigenvalue weighted by Crippen LogP contribution is -2.44. The number of halogens is 1. The molecule has 0 aromatic heterocycles. The van der Waals surface area contributed by atoms with Crippen LogP contribution in [0.15, 0.2) is 18.2 Å². The summed E-state index contributed by atoms with van der Waals surface area (Å²) in [5, 5.41) is 17.3. The number of hydrogen-bond acceptors (Lipinski definition) is 4. The van der Waals surface area contributed by atoms with Crippen LogP contribution in [0.3, 0.4) is 0 Å². The van der Waals surface area contributed by atoms with Gasteiger partial charge < -0.3 is 10.6 Å². The first-order valence-electron chi connectivity index (χ1n) is 7.25. The molecule has 2 N–H and O–H groups in total. The van der Waals surface area contributed by atoms with Crippen molar-refractivity contribution in [3.05, 3.63) is 39.4 Å². The molecule has 1 fully saturated rings. The summed E-state index contributed by atoms with van der Waals surface area (Å²) in [7, 11) is 0. The molecule has 0 aliphatic carbocycles. The minimum atomic E-state index is -0.513. The van der Waals surface area contributed by atoms with E-state index in [0.717, 1.165) is 31.5 Å². The fourth-order valence-corrected chi connectivity index (χ4v) is 2.70. The molecular weight excluding hydrogens is 306 g/mol. The van der Waals surface area contributed by atoms with Gasteiger partial charge in [0.2, 0.25) is 0 Å². The highest BCUT2D eigenvalue weighted by molar-refractivity contribution is 5.98. The van der Waals surface area contributed by atoms with Gasteiger partial charge in [0.15, 0.2) is 0 Å². The van der Waals surface area contributed by atoms with Gasteiger partial charge in [0.1, 0.15) is 5.56 Å². The quantitative estimate of drug-likeness (QED) is 0.657. The van der Waals surface area contributed by atoms with Gasteiger partial charge in [0, 0.05) is 12.1 Å². The third-order valence-corrected chi connectivity index (χ3v) is 3.99. The van der Waals surface area contributed by atoms with Crippen LogP contribution in [0.2, 0.25) is 0 Å². The van der Waals surface area contributed by atoms with Crippen LogP contribution in [-0.2, 0) is 0 Å². The summed E-state index contributed by atoms with van der Waals surface area (Å²) >= 11 is 0. The number of nitrogens with one attached hydrogen (secondary N) is 2. The molecule has 1 aliphatic rings. The van der Waals surface area contributed by atoms with Crippen LogP contribution in [0, 0.1) is 23.0 Å². The molecule has 1 amide bonds. The normalized spacial score (nSPS) is 18.9. The maximum atomic E-state index is 12.3. The molecule has 7 heteroatoms. The van der Waals surface area contributed by atoms with Gasteiger partial charge in [-0.3, -0.25) is 14.9 Å². The second-order valence-electron chi connectivity index (χ2n) is 5.65. The van der Waals surface area contributed by atoms with Gasteiger partial charge in [-0.2, -0.15) is 0 Å². The van der Waals surface area contributed by atoms with Gasteiger partial charge in [-0.1, -0.05) is 6.07 Å². The van der Waals surface area contributed by atoms with Crippen molar-refractivity contribution in [1.29, 1.82) is 0 Å². The Morgan fingerprint density at radius 1 is 1.50 bits per heavy atom. The highest BCUT2D eigenvalue weighted by Crippen LogP contribution is 2.21. The zero-order valence-corrected chi connectivity index (χ0v) is 13.6. The number of rotatable bonds is 4. The molecule has 0 saturated carbocycles. The van der Waals surface area contributed by atoms with Crippen molar-refractivity contribution in [3.63, 3.8) is 0 Å². The van der Waals surface area contributed by atoms with Crippen molar-refractivity contribution < 1.29 is 9.72 Å². The Hall–Kier alpha value is -1.66. The highest BCUT2D eigenvalue weighted by atomic mass is 35.5. The summed E-state index contributed by atoms with van der Waals surface area (Å²) in [6, 6.07) is 4.59. The standard InChI is InChI=1S/C15H21N3O3.ClH/c1-10-5-6-14(18(20)21)13(8-10)15(19)17-11(2)12-4-3-7-16-9-12;/h5-6,8,11-12,16H,3-4,7,9H2,1-2H3,(H,17,19);1H. The van der Waals surface area contributed by atoms with E-state index in [9.17, 15) is 14.9 Å². The number of amides is 1. The Morgan fingerprint density at radius 2 is 2.23 bits per heavy atom. The fourth-order valence-electron chi connectivity index (χ4n) is 2.70. The second-order valence-corrected chi connectivity index (χ2v) is 5.65. The van der Waals surface area contributed by atoms with Gasteiger partial charge in [-0.25, -0.2) is 0 Å². The summed E-state index contributed by atoms with van der Waals surface area (Å²) in [5.74, 6) is -0.00459. The van der Waals surface area contributed by atoms with Gasteiger partial charge in [0.05, 0.1) is 4.92 Å². The van der Waals surface area contributed by atoms with E-state index in [4.69, 9.17) is 0 Å². The van der Waals surface area contributed by atoms with E-state index in [0.29, 0.717) is 5.92 Å². The van der Waals surface area contributed by atoms with Crippen molar-refractivity contribution in [1.82, 2.24) is 10.6 Å². The molecule has 1 aromatic carbocycles. The van der Waals surface area contributed by atoms with Gasteiger partial charge >= 0.3 is 0 Å². The summed E-state index contributed by atoms with van der Waals surface area (Å²) < 4.78 is 0. The number of hydrogen-bond donors (Lipinski definition) is 2. The predicted molar refractivity (Wildman–Crippen MR) is 87.6 cm³/mol. The van der Waals surface area contributed by atoms with E-state index in [1.165, 1.54) is 6.07 Å². The molecule has 2 atom stereocenters. The maximum Gasteiger partial charge on any atom is 0.282 e. The van der Waals surface area contributed by atoms with Crippen LogP contribution < -0.4 is 10.6 Å². The molecule has 2 rings (SSSR count). The van der Waals surface area contributed by atoms with Crippen LogP contribution in [0.5, 0.6) is 0 Å². The molecule has 6 nitrogen and oxygen atoms in total.